The third-order valence-electron chi connectivity index (χ3n) is 5.47. The molecule has 2 aromatic heterocycles. The molecule has 34 heavy (non-hydrogen) atoms. The molecule has 0 saturated carbocycles. The maximum Gasteiger partial charge on any atom is 0.338 e. The minimum absolute atomic E-state index is 0.229. The highest BCUT2D eigenvalue weighted by molar-refractivity contribution is 7.20. The number of carbonyl (C=O) groups excluding carboxylic acids is 2. The summed E-state index contributed by atoms with van der Waals surface area (Å²) in [5.41, 5.74) is 3.28. The zero-order chi connectivity index (χ0) is 24.2. The van der Waals surface area contributed by atoms with Gasteiger partial charge in [0.05, 0.1) is 35.3 Å². The Labute approximate surface area is 201 Å². The van der Waals surface area contributed by atoms with Crippen LogP contribution in [0, 0.1) is 13.8 Å². The maximum atomic E-state index is 13.3. The Morgan fingerprint density at radius 1 is 1.12 bits per heavy atom. The number of aromatic nitrogens is 2. The van der Waals surface area contributed by atoms with Crippen molar-refractivity contribution in [3.63, 3.8) is 0 Å². The average Bonchev–Trinajstić information content (AvgIpc) is 3.18. The Balaban J connectivity index is 1.62. The summed E-state index contributed by atoms with van der Waals surface area (Å²) < 4.78 is 6.69. The first-order valence-electron chi connectivity index (χ1n) is 11.0. The Kier molecular flexibility index (Phi) is 6.88. The molecule has 7 nitrogen and oxygen atoms in total. The van der Waals surface area contributed by atoms with Gasteiger partial charge < -0.3 is 10.1 Å². The van der Waals surface area contributed by atoms with Crippen molar-refractivity contribution in [2.75, 3.05) is 11.9 Å². The maximum absolute atomic E-state index is 13.3. The number of nitrogens with one attached hydrogen (secondary N) is 1. The van der Waals surface area contributed by atoms with Gasteiger partial charge >= 0.3 is 5.97 Å². The molecule has 0 aliphatic carbocycles. The lowest BCUT2D eigenvalue weighted by Gasteiger charge is -2.08. The summed E-state index contributed by atoms with van der Waals surface area (Å²) in [6.07, 6.45) is 2.23. The standard InChI is InChI=1S/C26H25N3O4S/c1-4-12-33-26(32)19-10-7-9-18(13-19)14-29-15-27-24-21(25(29)31)17(3)22(34-24)23(30)28-20-11-6-5-8-16(20)2/h5-11,13,15H,4,12,14H2,1-3H3,(H,28,30). The number of carbonyl (C=O) groups is 2. The summed E-state index contributed by atoms with van der Waals surface area (Å²) in [5, 5.41) is 3.36. The van der Waals surface area contributed by atoms with E-state index in [0.717, 1.165) is 23.2 Å². The first-order valence-corrected chi connectivity index (χ1v) is 11.8. The van der Waals surface area contributed by atoms with Gasteiger partial charge in [0.25, 0.3) is 11.5 Å². The predicted octanol–water partition coefficient (Wildman–Crippen LogP) is 4.94. The quantitative estimate of drug-likeness (QED) is 0.382. The van der Waals surface area contributed by atoms with E-state index in [9.17, 15) is 14.4 Å². The third-order valence-corrected chi connectivity index (χ3v) is 6.67. The summed E-state index contributed by atoms with van der Waals surface area (Å²) in [5.74, 6) is -0.651. The summed E-state index contributed by atoms with van der Waals surface area (Å²) in [4.78, 5) is 43.8. The Bertz CT molecular complexity index is 1440. The summed E-state index contributed by atoms with van der Waals surface area (Å²) in [6, 6.07) is 14.5. The fourth-order valence-corrected chi connectivity index (χ4v) is 4.69. The predicted molar refractivity (Wildman–Crippen MR) is 134 cm³/mol. The van der Waals surface area contributed by atoms with Crippen LogP contribution in [0.2, 0.25) is 0 Å². The van der Waals surface area contributed by atoms with Crippen LogP contribution >= 0.6 is 11.3 Å². The number of esters is 1. The van der Waals surface area contributed by atoms with Crippen molar-refractivity contribution in [3.8, 4) is 0 Å². The molecule has 0 aliphatic heterocycles. The van der Waals surface area contributed by atoms with Gasteiger partial charge in [-0.2, -0.15) is 0 Å². The first-order chi connectivity index (χ1) is 16.4. The molecule has 4 aromatic rings. The molecule has 0 unspecified atom stereocenters. The van der Waals surface area contributed by atoms with Crippen LogP contribution in [-0.2, 0) is 11.3 Å². The van der Waals surface area contributed by atoms with E-state index in [4.69, 9.17) is 4.74 Å². The molecule has 2 aromatic carbocycles. The Morgan fingerprint density at radius 3 is 2.68 bits per heavy atom. The fraction of sp³-hybridized carbons (Fsp3) is 0.231. The second kappa shape index (κ2) is 10.0. The fourth-order valence-electron chi connectivity index (χ4n) is 3.65. The van der Waals surface area contributed by atoms with Crippen molar-refractivity contribution in [1.82, 2.24) is 9.55 Å². The number of para-hydroxylation sites is 1. The number of rotatable bonds is 7. The molecule has 0 saturated heterocycles. The van der Waals surface area contributed by atoms with E-state index < -0.39 is 0 Å². The number of fused-ring (bicyclic) bond motifs is 1. The van der Waals surface area contributed by atoms with Gasteiger partial charge in [0.2, 0.25) is 0 Å². The van der Waals surface area contributed by atoms with Crippen LogP contribution in [0.3, 0.4) is 0 Å². The van der Waals surface area contributed by atoms with Crippen LogP contribution in [0.25, 0.3) is 10.2 Å². The van der Waals surface area contributed by atoms with Gasteiger partial charge in [-0.1, -0.05) is 37.3 Å². The van der Waals surface area contributed by atoms with E-state index in [1.54, 1.807) is 25.1 Å². The van der Waals surface area contributed by atoms with Crippen molar-refractivity contribution in [2.24, 2.45) is 0 Å². The van der Waals surface area contributed by atoms with Crippen LogP contribution < -0.4 is 10.9 Å². The van der Waals surface area contributed by atoms with E-state index in [1.165, 1.54) is 22.2 Å². The topological polar surface area (TPSA) is 90.3 Å². The van der Waals surface area contributed by atoms with Crippen LogP contribution in [0.5, 0.6) is 0 Å². The number of aryl methyl sites for hydroxylation is 2. The van der Waals surface area contributed by atoms with Gasteiger partial charge in [0.15, 0.2) is 0 Å². The summed E-state index contributed by atoms with van der Waals surface area (Å²) in [6.45, 7) is 6.23. The van der Waals surface area contributed by atoms with E-state index in [1.807, 2.05) is 44.2 Å². The molecule has 8 heteroatoms. The lowest BCUT2D eigenvalue weighted by Crippen LogP contribution is -2.21. The smallest absolute Gasteiger partial charge is 0.338 e. The van der Waals surface area contributed by atoms with Gasteiger partial charge in [0, 0.05) is 5.69 Å². The molecular weight excluding hydrogens is 450 g/mol. The van der Waals surface area contributed by atoms with Gasteiger partial charge in [-0.25, -0.2) is 9.78 Å². The number of anilines is 1. The molecular formula is C26H25N3O4S. The number of ether oxygens (including phenoxy) is 1. The highest BCUT2D eigenvalue weighted by Gasteiger charge is 2.20. The molecule has 4 rings (SSSR count). The largest absolute Gasteiger partial charge is 0.462 e. The van der Waals surface area contributed by atoms with E-state index >= 15 is 0 Å². The molecule has 1 amide bonds. The second-order valence-electron chi connectivity index (χ2n) is 8.02. The summed E-state index contributed by atoms with van der Waals surface area (Å²) >= 11 is 1.20. The van der Waals surface area contributed by atoms with E-state index in [0.29, 0.717) is 32.8 Å². The molecule has 0 radical (unpaired) electrons. The van der Waals surface area contributed by atoms with Crippen LogP contribution in [0.15, 0.2) is 59.7 Å². The lowest BCUT2D eigenvalue weighted by molar-refractivity contribution is 0.0505. The zero-order valence-corrected chi connectivity index (χ0v) is 20.1. The Hall–Kier alpha value is -3.78. The van der Waals surface area contributed by atoms with Crippen LogP contribution in [-0.4, -0.2) is 28.0 Å². The average molecular weight is 476 g/mol. The number of nitrogens with zero attached hydrogens (tertiary/aromatic N) is 2. The molecule has 174 valence electrons. The van der Waals surface area contributed by atoms with E-state index in [-0.39, 0.29) is 24.0 Å². The lowest BCUT2D eigenvalue weighted by atomic mass is 10.1. The molecule has 0 aliphatic rings. The number of hydrogen-bond donors (Lipinski definition) is 1. The van der Waals surface area contributed by atoms with Gasteiger partial charge in [-0.3, -0.25) is 14.2 Å². The number of thiophene rings is 1. The first kappa shape index (κ1) is 23.4. The number of hydrogen-bond acceptors (Lipinski definition) is 6. The highest BCUT2D eigenvalue weighted by Crippen LogP contribution is 2.28. The minimum atomic E-state index is -0.386. The molecule has 0 fully saturated rings. The van der Waals surface area contributed by atoms with Gasteiger partial charge in [-0.05, 0) is 55.2 Å². The van der Waals surface area contributed by atoms with Crippen molar-refractivity contribution >= 4 is 39.1 Å². The Morgan fingerprint density at radius 2 is 1.91 bits per heavy atom. The van der Waals surface area contributed by atoms with Gasteiger partial charge in [0.1, 0.15) is 4.83 Å². The van der Waals surface area contributed by atoms with Crippen molar-refractivity contribution < 1.29 is 14.3 Å². The molecule has 2 heterocycles. The molecule has 1 N–H and O–H groups in total. The molecule has 0 spiro atoms. The van der Waals surface area contributed by atoms with E-state index in [2.05, 4.69) is 10.3 Å². The number of benzene rings is 2. The van der Waals surface area contributed by atoms with Crippen LogP contribution in [0.4, 0.5) is 5.69 Å². The SMILES string of the molecule is CCCOC(=O)c1cccc(Cn2cnc3sc(C(=O)Nc4ccccc4C)c(C)c3c2=O)c1. The van der Waals surface area contributed by atoms with Gasteiger partial charge in [-0.15, -0.1) is 11.3 Å². The minimum Gasteiger partial charge on any atom is -0.462 e. The second-order valence-corrected chi connectivity index (χ2v) is 9.02. The zero-order valence-electron chi connectivity index (χ0n) is 19.3. The third kappa shape index (κ3) is 4.77. The monoisotopic (exact) mass is 475 g/mol. The highest BCUT2D eigenvalue weighted by atomic mass is 32.1. The van der Waals surface area contributed by atoms with Crippen LogP contribution in [0.1, 0.15) is 50.1 Å². The molecule has 0 bridgehead atoms. The summed E-state index contributed by atoms with van der Waals surface area (Å²) in [7, 11) is 0. The normalized spacial score (nSPS) is 10.9. The van der Waals surface area contributed by atoms with Crippen molar-refractivity contribution in [1.29, 1.82) is 0 Å². The number of amides is 1. The van der Waals surface area contributed by atoms with Crippen molar-refractivity contribution in [3.05, 3.63) is 92.3 Å². The molecule has 0 atom stereocenters. The van der Waals surface area contributed by atoms with Crippen molar-refractivity contribution in [2.45, 2.75) is 33.7 Å².